The predicted octanol–water partition coefficient (Wildman–Crippen LogP) is 3.44. The molecular formula is C14H20BrNO. The van der Waals surface area contributed by atoms with Crippen molar-refractivity contribution in [2.75, 3.05) is 20.2 Å². The highest BCUT2D eigenvalue weighted by Gasteiger charge is 2.26. The monoisotopic (exact) mass is 297 g/mol. The number of rotatable bonds is 3. The highest BCUT2D eigenvalue weighted by Crippen LogP contribution is 2.34. The van der Waals surface area contributed by atoms with Gasteiger partial charge < -0.3 is 10.1 Å². The molecule has 1 aromatic rings. The topological polar surface area (TPSA) is 21.3 Å². The van der Waals surface area contributed by atoms with E-state index in [4.69, 9.17) is 4.74 Å². The Labute approximate surface area is 112 Å². The highest BCUT2D eigenvalue weighted by atomic mass is 79.9. The first-order chi connectivity index (χ1) is 8.22. The molecule has 2 atom stereocenters. The Morgan fingerprint density at radius 2 is 2.29 bits per heavy atom. The summed E-state index contributed by atoms with van der Waals surface area (Å²) in [6.45, 7) is 4.02. The van der Waals surface area contributed by atoms with Crippen LogP contribution in [0, 0.1) is 12.8 Å². The third-order valence-corrected chi connectivity index (χ3v) is 4.29. The molecule has 0 amide bonds. The molecular weight excluding hydrogens is 278 g/mol. The van der Waals surface area contributed by atoms with Gasteiger partial charge in [-0.15, -0.1) is 0 Å². The van der Waals surface area contributed by atoms with Crippen LogP contribution in [0.15, 0.2) is 22.7 Å². The van der Waals surface area contributed by atoms with Crippen LogP contribution in [0.5, 0.6) is 0 Å². The van der Waals surface area contributed by atoms with Crippen molar-refractivity contribution in [2.24, 2.45) is 5.92 Å². The second-order valence-corrected chi connectivity index (χ2v) is 5.61. The summed E-state index contributed by atoms with van der Waals surface area (Å²) in [5.41, 5.74) is 2.57. The number of ether oxygens (including phenoxy) is 1. The van der Waals surface area contributed by atoms with Crippen molar-refractivity contribution in [3.05, 3.63) is 33.8 Å². The van der Waals surface area contributed by atoms with E-state index in [0.29, 0.717) is 5.92 Å². The molecule has 2 unspecified atom stereocenters. The Morgan fingerprint density at radius 3 is 3.00 bits per heavy atom. The lowest BCUT2D eigenvalue weighted by Crippen LogP contribution is -2.30. The Bertz CT molecular complexity index is 378. The van der Waals surface area contributed by atoms with Crippen molar-refractivity contribution in [3.8, 4) is 0 Å². The summed E-state index contributed by atoms with van der Waals surface area (Å²) >= 11 is 3.60. The van der Waals surface area contributed by atoms with Crippen LogP contribution in [0.2, 0.25) is 0 Å². The Hall–Kier alpha value is -0.380. The molecule has 1 aromatic carbocycles. The average molecular weight is 298 g/mol. The zero-order valence-corrected chi connectivity index (χ0v) is 12.1. The van der Waals surface area contributed by atoms with Crippen LogP contribution >= 0.6 is 15.9 Å². The van der Waals surface area contributed by atoms with Gasteiger partial charge in [0, 0.05) is 23.5 Å². The fraction of sp³-hybridized carbons (Fsp3) is 0.571. The summed E-state index contributed by atoms with van der Waals surface area (Å²) in [4.78, 5) is 0. The van der Waals surface area contributed by atoms with Crippen LogP contribution in [0.3, 0.4) is 0 Å². The van der Waals surface area contributed by atoms with Crippen LogP contribution in [0.25, 0.3) is 0 Å². The minimum Gasteiger partial charge on any atom is -0.373 e. The largest absolute Gasteiger partial charge is 0.373 e. The van der Waals surface area contributed by atoms with Gasteiger partial charge in [0.25, 0.3) is 0 Å². The van der Waals surface area contributed by atoms with Gasteiger partial charge in [-0.05, 0) is 44.0 Å². The molecule has 0 aliphatic carbocycles. The molecule has 0 bridgehead atoms. The third kappa shape index (κ3) is 3.09. The van der Waals surface area contributed by atoms with Gasteiger partial charge in [0.05, 0.1) is 6.10 Å². The van der Waals surface area contributed by atoms with Crippen molar-refractivity contribution in [3.63, 3.8) is 0 Å². The maximum atomic E-state index is 5.96. The first kappa shape index (κ1) is 13.1. The molecule has 94 valence electrons. The zero-order valence-electron chi connectivity index (χ0n) is 10.5. The van der Waals surface area contributed by atoms with Crippen LogP contribution in [0.1, 0.15) is 30.1 Å². The van der Waals surface area contributed by atoms with Gasteiger partial charge in [0.2, 0.25) is 0 Å². The molecule has 3 heteroatoms. The number of aryl methyl sites for hydroxylation is 1. The maximum absolute atomic E-state index is 5.96. The summed E-state index contributed by atoms with van der Waals surface area (Å²) in [5, 5.41) is 3.27. The van der Waals surface area contributed by atoms with Gasteiger partial charge in [-0.3, -0.25) is 0 Å². The molecule has 2 rings (SSSR count). The zero-order chi connectivity index (χ0) is 12.3. The summed E-state index contributed by atoms with van der Waals surface area (Å²) in [7, 11) is 2.01. The van der Waals surface area contributed by atoms with Crippen LogP contribution in [-0.2, 0) is 4.74 Å². The summed E-state index contributed by atoms with van der Waals surface area (Å²) < 4.78 is 7.14. The number of halogens is 1. The average Bonchev–Trinajstić information content (AvgIpc) is 2.34. The summed E-state index contributed by atoms with van der Waals surface area (Å²) in [6.07, 6.45) is 2.67. The minimum atomic E-state index is 0.244. The third-order valence-electron chi connectivity index (χ3n) is 3.44. The fourth-order valence-electron chi connectivity index (χ4n) is 2.47. The first-order valence-electron chi connectivity index (χ1n) is 6.24. The molecule has 0 saturated carbocycles. The number of hydrogen-bond acceptors (Lipinski definition) is 2. The predicted molar refractivity (Wildman–Crippen MR) is 74.2 cm³/mol. The van der Waals surface area contributed by atoms with Crippen molar-refractivity contribution < 1.29 is 4.74 Å². The Morgan fingerprint density at radius 1 is 1.47 bits per heavy atom. The Kier molecular flexibility index (Phi) is 4.60. The van der Waals surface area contributed by atoms with Crippen molar-refractivity contribution in [2.45, 2.75) is 25.9 Å². The first-order valence-corrected chi connectivity index (χ1v) is 7.04. The lowest BCUT2D eigenvalue weighted by atomic mass is 9.89. The van der Waals surface area contributed by atoms with Crippen molar-refractivity contribution >= 4 is 15.9 Å². The normalized spacial score (nSPS) is 24.9. The van der Waals surface area contributed by atoms with Gasteiger partial charge in [-0.2, -0.15) is 0 Å². The quantitative estimate of drug-likeness (QED) is 0.923. The molecule has 0 aromatic heterocycles. The number of benzene rings is 1. The minimum absolute atomic E-state index is 0.244. The maximum Gasteiger partial charge on any atom is 0.0865 e. The molecule has 0 radical (unpaired) electrons. The summed E-state index contributed by atoms with van der Waals surface area (Å²) in [5.74, 6) is 0.586. The smallest absolute Gasteiger partial charge is 0.0865 e. The van der Waals surface area contributed by atoms with Crippen LogP contribution < -0.4 is 5.32 Å². The van der Waals surface area contributed by atoms with E-state index in [1.54, 1.807) is 0 Å². The molecule has 1 aliphatic rings. The van der Waals surface area contributed by atoms with Crippen LogP contribution in [0.4, 0.5) is 0 Å². The lowest BCUT2D eigenvalue weighted by molar-refractivity contribution is -0.0272. The van der Waals surface area contributed by atoms with E-state index >= 15 is 0 Å². The van der Waals surface area contributed by atoms with Gasteiger partial charge in [0.1, 0.15) is 0 Å². The highest BCUT2D eigenvalue weighted by molar-refractivity contribution is 9.10. The molecule has 1 aliphatic heterocycles. The second kappa shape index (κ2) is 5.98. The van der Waals surface area contributed by atoms with E-state index in [-0.39, 0.29) is 6.10 Å². The molecule has 1 heterocycles. The fourth-order valence-corrected chi connectivity index (χ4v) is 2.87. The van der Waals surface area contributed by atoms with Crippen LogP contribution in [-0.4, -0.2) is 20.2 Å². The van der Waals surface area contributed by atoms with Gasteiger partial charge >= 0.3 is 0 Å². The standard InChI is InChI=1S/C14H20BrNO/c1-10-5-6-11(8-13(10)15)14-12(9-16-2)4-3-7-17-14/h5-6,8,12,14,16H,3-4,7,9H2,1-2H3. The molecule has 1 N–H and O–H groups in total. The molecule has 1 saturated heterocycles. The van der Waals surface area contributed by atoms with Gasteiger partial charge in [0.15, 0.2) is 0 Å². The number of hydrogen-bond donors (Lipinski definition) is 1. The van der Waals surface area contributed by atoms with E-state index in [9.17, 15) is 0 Å². The van der Waals surface area contributed by atoms with E-state index < -0.39 is 0 Å². The lowest BCUT2D eigenvalue weighted by Gasteiger charge is -2.32. The van der Waals surface area contributed by atoms with Crippen molar-refractivity contribution in [1.29, 1.82) is 0 Å². The summed E-state index contributed by atoms with van der Waals surface area (Å²) in [6, 6.07) is 6.56. The van der Waals surface area contributed by atoms with E-state index in [2.05, 4.69) is 46.4 Å². The molecule has 1 fully saturated rings. The van der Waals surface area contributed by atoms with Gasteiger partial charge in [-0.1, -0.05) is 28.1 Å². The number of nitrogens with one attached hydrogen (secondary N) is 1. The molecule has 0 spiro atoms. The van der Waals surface area contributed by atoms with E-state index in [1.807, 2.05) is 7.05 Å². The molecule has 17 heavy (non-hydrogen) atoms. The molecule has 2 nitrogen and oxygen atoms in total. The SMILES string of the molecule is CNCC1CCCOC1c1ccc(C)c(Br)c1. The van der Waals surface area contributed by atoms with E-state index in [1.165, 1.54) is 28.4 Å². The van der Waals surface area contributed by atoms with E-state index in [0.717, 1.165) is 13.2 Å². The Balaban J connectivity index is 2.20. The van der Waals surface area contributed by atoms with Gasteiger partial charge in [-0.25, -0.2) is 0 Å². The second-order valence-electron chi connectivity index (χ2n) is 4.76. The van der Waals surface area contributed by atoms with Crippen molar-refractivity contribution in [1.82, 2.24) is 5.32 Å².